The molecule has 1 saturated heterocycles. The summed E-state index contributed by atoms with van der Waals surface area (Å²) >= 11 is 0. The van der Waals surface area contributed by atoms with Crippen LogP contribution in [-0.2, 0) is 9.59 Å². The first-order valence-electron chi connectivity index (χ1n) is 7.36. The fraction of sp³-hybridized carbons (Fsp3) is 0.500. The van der Waals surface area contributed by atoms with Crippen molar-refractivity contribution in [2.24, 2.45) is 11.8 Å². The summed E-state index contributed by atoms with van der Waals surface area (Å²) in [5.41, 5.74) is 1.73. The molecule has 3 N–H and O–H groups in total. The molecule has 1 fully saturated rings. The van der Waals surface area contributed by atoms with Crippen molar-refractivity contribution < 1.29 is 9.59 Å². The minimum absolute atomic E-state index is 0.0333. The van der Waals surface area contributed by atoms with Gasteiger partial charge in [0.1, 0.15) is 0 Å². The van der Waals surface area contributed by atoms with Crippen molar-refractivity contribution in [1.82, 2.24) is 10.6 Å². The molecule has 0 bridgehead atoms. The predicted molar refractivity (Wildman–Crippen MR) is 82.8 cm³/mol. The van der Waals surface area contributed by atoms with E-state index in [4.69, 9.17) is 0 Å². The molecule has 114 valence electrons. The smallest absolute Gasteiger partial charge is 0.225 e. The molecule has 0 spiro atoms. The average molecular weight is 289 g/mol. The number of nitrogens with one attached hydrogen (secondary N) is 3. The molecule has 1 aromatic carbocycles. The van der Waals surface area contributed by atoms with Gasteiger partial charge in [0.15, 0.2) is 0 Å². The van der Waals surface area contributed by atoms with Crippen molar-refractivity contribution in [3.8, 4) is 0 Å². The van der Waals surface area contributed by atoms with Crippen LogP contribution >= 0.6 is 0 Å². The zero-order valence-electron chi connectivity index (χ0n) is 12.8. The molecule has 3 unspecified atom stereocenters. The van der Waals surface area contributed by atoms with Gasteiger partial charge in [0.25, 0.3) is 0 Å². The fourth-order valence-electron chi connectivity index (χ4n) is 2.65. The van der Waals surface area contributed by atoms with E-state index in [0.717, 1.165) is 24.3 Å². The fourth-order valence-corrected chi connectivity index (χ4v) is 2.65. The molecule has 0 saturated carbocycles. The van der Waals surface area contributed by atoms with Crippen molar-refractivity contribution in [2.45, 2.75) is 26.8 Å². The molecule has 2 amide bonds. The lowest BCUT2D eigenvalue weighted by molar-refractivity contribution is -0.126. The van der Waals surface area contributed by atoms with Crippen LogP contribution in [-0.4, -0.2) is 24.9 Å². The van der Waals surface area contributed by atoms with Gasteiger partial charge in [-0.05, 0) is 37.1 Å². The number of hydrogen-bond acceptors (Lipinski definition) is 3. The Hall–Kier alpha value is -1.88. The normalized spacial score (nSPS) is 22.6. The second-order valence-electron chi connectivity index (χ2n) is 5.78. The molecule has 1 heterocycles. The third-order valence-electron chi connectivity index (χ3n) is 3.92. The number of hydrogen-bond donors (Lipinski definition) is 3. The Morgan fingerprint density at radius 2 is 2.10 bits per heavy atom. The van der Waals surface area contributed by atoms with Gasteiger partial charge in [0.2, 0.25) is 11.8 Å². The Kier molecular flexibility index (Phi) is 4.96. The molecule has 1 aliphatic heterocycles. The zero-order valence-corrected chi connectivity index (χ0v) is 12.8. The van der Waals surface area contributed by atoms with E-state index in [1.807, 2.05) is 31.2 Å². The lowest BCUT2D eigenvalue weighted by atomic mass is 9.96. The first-order chi connectivity index (χ1) is 9.97. The molecular formula is C16H23N3O2. The maximum atomic E-state index is 12.3. The molecule has 5 nitrogen and oxygen atoms in total. The van der Waals surface area contributed by atoms with E-state index in [0.29, 0.717) is 5.92 Å². The van der Waals surface area contributed by atoms with Gasteiger partial charge in [-0.2, -0.15) is 0 Å². The van der Waals surface area contributed by atoms with E-state index in [9.17, 15) is 9.59 Å². The third-order valence-corrected chi connectivity index (χ3v) is 3.92. The van der Waals surface area contributed by atoms with Gasteiger partial charge in [0.05, 0.1) is 12.0 Å². The topological polar surface area (TPSA) is 70.2 Å². The Morgan fingerprint density at radius 1 is 1.33 bits per heavy atom. The number of carbonyl (C=O) groups excluding carboxylic acids is 2. The molecule has 1 aromatic rings. The molecule has 1 aliphatic rings. The maximum absolute atomic E-state index is 12.3. The van der Waals surface area contributed by atoms with Gasteiger partial charge in [-0.25, -0.2) is 0 Å². The molecule has 0 aromatic heterocycles. The SMILES string of the molecule is CC(=O)Nc1cccc(C(C)NC(=O)C2CNCC2C)c1. The van der Waals surface area contributed by atoms with Crippen LogP contribution in [0.5, 0.6) is 0 Å². The van der Waals surface area contributed by atoms with Crippen molar-refractivity contribution in [3.63, 3.8) is 0 Å². The van der Waals surface area contributed by atoms with E-state index in [-0.39, 0.29) is 23.8 Å². The summed E-state index contributed by atoms with van der Waals surface area (Å²) < 4.78 is 0. The largest absolute Gasteiger partial charge is 0.349 e. The Morgan fingerprint density at radius 3 is 2.71 bits per heavy atom. The molecule has 0 radical (unpaired) electrons. The van der Waals surface area contributed by atoms with E-state index in [1.54, 1.807) is 0 Å². The quantitative estimate of drug-likeness (QED) is 0.790. The van der Waals surface area contributed by atoms with Crippen LogP contribution in [0.3, 0.4) is 0 Å². The van der Waals surface area contributed by atoms with Gasteiger partial charge in [-0.3, -0.25) is 9.59 Å². The highest BCUT2D eigenvalue weighted by molar-refractivity contribution is 5.88. The lowest BCUT2D eigenvalue weighted by Gasteiger charge is -2.20. The van der Waals surface area contributed by atoms with E-state index in [1.165, 1.54) is 6.92 Å². The molecule has 2 rings (SSSR count). The van der Waals surface area contributed by atoms with Crippen LogP contribution in [0.2, 0.25) is 0 Å². The molecule has 21 heavy (non-hydrogen) atoms. The predicted octanol–water partition coefficient (Wildman–Crippen LogP) is 1.68. The van der Waals surface area contributed by atoms with Crippen LogP contribution in [0.15, 0.2) is 24.3 Å². The Bertz CT molecular complexity index is 530. The number of anilines is 1. The molecular weight excluding hydrogens is 266 g/mol. The molecule has 5 heteroatoms. The van der Waals surface area contributed by atoms with Gasteiger partial charge in [-0.1, -0.05) is 19.1 Å². The van der Waals surface area contributed by atoms with E-state index >= 15 is 0 Å². The van der Waals surface area contributed by atoms with Crippen LogP contribution in [0.1, 0.15) is 32.4 Å². The number of carbonyl (C=O) groups is 2. The van der Waals surface area contributed by atoms with Crippen LogP contribution in [0.4, 0.5) is 5.69 Å². The summed E-state index contributed by atoms with van der Waals surface area (Å²) in [6, 6.07) is 7.47. The van der Waals surface area contributed by atoms with Crippen molar-refractivity contribution in [3.05, 3.63) is 29.8 Å². The Labute approximate surface area is 125 Å². The third kappa shape index (κ3) is 4.04. The summed E-state index contributed by atoms with van der Waals surface area (Å²) in [7, 11) is 0. The van der Waals surface area contributed by atoms with Gasteiger partial charge >= 0.3 is 0 Å². The highest BCUT2D eigenvalue weighted by atomic mass is 16.2. The average Bonchev–Trinajstić information content (AvgIpc) is 2.84. The summed E-state index contributed by atoms with van der Waals surface area (Å²) in [6.07, 6.45) is 0. The number of rotatable bonds is 4. The highest BCUT2D eigenvalue weighted by Crippen LogP contribution is 2.20. The van der Waals surface area contributed by atoms with Crippen molar-refractivity contribution in [2.75, 3.05) is 18.4 Å². The summed E-state index contributed by atoms with van der Waals surface area (Å²) in [4.78, 5) is 23.4. The van der Waals surface area contributed by atoms with Gasteiger partial charge < -0.3 is 16.0 Å². The maximum Gasteiger partial charge on any atom is 0.225 e. The number of amides is 2. The summed E-state index contributed by atoms with van der Waals surface area (Å²) in [6.45, 7) is 7.16. The highest BCUT2D eigenvalue weighted by Gasteiger charge is 2.30. The monoisotopic (exact) mass is 289 g/mol. The second-order valence-corrected chi connectivity index (χ2v) is 5.78. The van der Waals surface area contributed by atoms with Gasteiger partial charge in [-0.15, -0.1) is 0 Å². The zero-order chi connectivity index (χ0) is 15.4. The van der Waals surface area contributed by atoms with Crippen molar-refractivity contribution >= 4 is 17.5 Å². The minimum Gasteiger partial charge on any atom is -0.349 e. The standard InChI is InChI=1S/C16H23N3O2/c1-10-8-17-9-15(10)16(21)18-11(2)13-5-4-6-14(7-13)19-12(3)20/h4-7,10-11,15,17H,8-9H2,1-3H3,(H,18,21)(H,19,20). The molecule has 0 aliphatic carbocycles. The molecule has 3 atom stereocenters. The first kappa shape index (κ1) is 15.5. The second kappa shape index (κ2) is 6.72. The summed E-state index contributed by atoms with van der Waals surface area (Å²) in [5, 5.41) is 9.05. The van der Waals surface area contributed by atoms with Crippen LogP contribution in [0.25, 0.3) is 0 Å². The van der Waals surface area contributed by atoms with E-state index < -0.39 is 0 Å². The van der Waals surface area contributed by atoms with Crippen LogP contribution < -0.4 is 16.0 Å². The van der Waals surface area contributed by atoms with Gasteiger partial charge in [0, 0.05) is 19.2 Å². The van der Waals surface area contributed by atoms with Crippen LogP contribution in [0, 0.1) is 11.8 Å². The van der Waals surface area contributed by atoms with E-state index in [2.05, 4.69) is 22.9 Å². The number of benzene rings is 1. The van der Waals surface area contributed by atoms with Crippen molar-refractivity contribution in [1.29, 1.82) is 0 Å². The Balaban J connectivity index is 2.01. The summed E-state index contributed by atoms with van der Waals surface area (Å²) in [5.74, 6) is 0.383. The minimum atomic E-state index is -0.102. The first-order valence-corrected chi connectivity index (χ1v) is 7.36. The lowest BCUT2D eigenvalue weighted by Crippen LogP contribution is -2.35.